The van der Waals surface area contributed by atoms with Gasteiger partial charge in [-0.2, -0.15) is 0 Å². The van der Waals surface area contributed by atoms with E-state index < -0.39 is 0 Å². The van der Waals surface area contributed by atoms with E-state index in [-0.39, 0.29) is 17.5 Å². The smallest absolute Gasteiger partial charge is 0.487 e. The van der Waals surface area contributed by atoms with Crippen LogP contribution >= 0.6 is 0 Å². The number of amidine groups is 1. The van der Waals surface area contributed by atoms with Crippen LogP contribution in [-0.2, 0) is 4.89 Å². The summed E-state index contributed by atoms with van der Waals surface area (Å²) in [5.74, 6) is -0.486. The number of hydrogen-bond acceptors (Lipinski definition) is 4. The lowest BCUT2D eigenvalue weighted by Gasteiger charge is -2.09. The fourth-order valence-electron chi connectivity index (χ4n) is 1.11. The first kappa shape index (κ1) is 12.0. The average molecular weight is 230 g/mol. The van der Waals surface area contributed by atoms with E-state index in [1.165, 1.54) is 6.07 Å². The summed E-state index contributed by atoms with van der Waals surface area (Å²) < 4.78 is 1.70. The highest BCUT2D eigenvalue weighted by Crippen LogP contribution is 2.29. The molecule has 0 bridgehead atoms. The van der Waals surface area contributed by atoms with Gasteiger partial charge >= 0.3 is 6.02 Å². The molecule has 0 aliphatic heterocycles. The van der Waals surface area contributed by atoms with Crippen molar-refractivity contribution in [2.24, 2.45) is 0 Å². The molecule has 0 aliphatic rings. The van der Waals surface area contributed by atoms with E-state index in [0.717, 1.165) is 0 Å². The molecule has 0 aromatic carbocycles. The first-order valence-corrected chi connectivity index (χ1v) is 4.59. The van der Waals surface area contributed by atoms with Crippen molar-refractivity contribution in [2.75, 3.05) is 28.2 Å². The van der Waals surface area contributed by atoms with Crippen molar-refractivity contribution in [3.05, 3.63) is 6.07 Å². The second-order valence-corrected chi connectivity index (χ2v) is 3.61. The fraction of sp³-hybridized carbons (Fsp3) is 0.444. The molecule has 7 nitrogen and oxygen atoms in total. The Bertz CT molecular complexity index is 393. The van der Waals surface area contributed by atoms with Crippen LogP contribution in [0.3, 0.4) is 0 Å². The van der Waals surface area contributed by atoms with E-state index in [9.17, 15) is 5.11 Å². The normalized spacial score (nSPS) is 9.75. The summed E-state index contributed by atoms with van der Waals surface area (Å²) in [6, 6.07) is 1.65. The molecular formula is C9H16N3O4+. The summed E-state index contributed by atoms with van der Waals surface area (Å²) in [7, 11) is 7.14. The maximum atomic E-state index is 9.26. The highest BCUT2D eigenvalue weighted by Gasteiger charge is 2.18. The highest BCUT2D eigenvalue weighted by molar-refractivity contribution is 5.67. The van der Waals surface area contributed by atoms with E-state index in [0.29, 0.717) is 6.02 Å². The minimum Gasteiger partial charge on any atom is -0.494 e. The molecule has 0 saturated carbocycles. The fourth-order valence-corrected chi connectivity index (χ4v) is 1.11. The molecule has 0 fully saturated rings. The van der Waals surface area contributed by atoms with Gasteiger partial charge in [-0.3, -0.25) is 9.87 Å². The molecule has 1 aromatic heterocycles. The number of nitrogens with one attached hydrogen (secondary N) is 1. The number of rotatable bonds is 2. The summed E-state index contributed by atoms with van der Waals surface area (Å²) in [5.41, 5.74) is 0. The van der Waals surface area contributed by atoms with Gasteiger partial charge in [0.25, 0.3) is 0 Å². The minimum atomic E-state index is -0.297. The Kier molecular flexibility index (Phi) is 3.49. The number of H-pyrrole nitrogens is 1. The largest absolute Gasteiger partial charge is 0.494 e. The second kappa shape index (κ2) is 4.65. The number of aromatic amines is 1. The summed E-state index contributed by atoms with van der Waals surface area (Å²) in [4.78, 5) is 13.9. The molecule has 1 rings (SSSR count). The second-order valence-electron chi connectivity index (χ2n) is 3.61. The minimum absolute atomic E-state index is 0.0127. The van der Waals surface area contributed by atoms with Crippen LogP contribution in [0.4, 0.5) is 0 Å². The molecule has 1 aromatic rings. The van der Waals surface area contributed by atoms with Crippen LogP contribution in [0.5, 0.6) is 17.5 Å². The predicted octanol–water partition coefficient (Wildman–Crippen LogP) is -0.0740. The van der Waals surface area contributed by atoms with Crippen LogP contribution in [0.1, 0.15) is 0 Å². The summed E-state index contributed by atoms with van der Waals surface area (Å²) in [6.45, 7) is 0. The van der Waals surface area contributed by atoms with E-state index in [4.69, 9.17) is 14.9 Å². The van der Waals surface area contributed by atoms with Gasteiger partial charge in [0.2, 0.25) is 11.6 Å². The van der Waals surface area contributed by atoms with E-state index in [1.54, 1.807) is 37.7 Å². The standard InChI is InChI=1S/C9H15N3O4/c1-11(2)9(12(3)4)16-15-6-5-7(13)10-8(6)14/h5,10H,1-4H3,(H-,13,14)/p+1. The van der Waals surface area contributed by atoms with E-state index in [2.05, 4.69) is 4.98 Å². The first-order valence-electron chi connectivity index (χ1n) is 4.59. The Morgan fingerprint density at radius 3 is 2.38 bits per heavy atom. The Morgan fingerprint density at radius 2 is 2.00 bits per heavy atom. The van der Waals surface area contributed by atoms with E-state index >= 15 is 0 Å². The topological polar surface area (TPSA) is 81.0 Å². The average Bonchev–Trinajstić information content (AvgIpc) is 2.44. The number of hydrogen-bond donors (Lipinski definition) is 3. The monoisotopic (exact) mass is 230 g/mol. The number of nitrogens with zero attached hydrogens (tertiary/aromatic N) is 2. The molecule has 0 radical (unpaired) electrons. The van der Waals surface area contributed by atoms with Crippen molar-refractivity contribution in [3.63, 3.8) is 0 Å². The first-order chi connectivity index (χ1) is 7.41. The third kappa shape index (κ3) is 2.72. The zero-order chi connectivity index (χ0) is 12.3. The molecular weight excluding hydrogens is 214 g/mol. The van der Waals surface area contributed by atoms with Crippen LogP contribution in [0.25, 0.3) is 0 Å². The van der Waals surface area contributed by atoms with Gasteiger partial charge in [-0.25, -0.2) is 14.4 Å². The number of aromatic nitrogens is 1. The summed E-state index contributed by atoms with van der Waals surface area (Å²) >= 11 is 0. The van der Waals surface area contributed by atoms with Gasteiger partial charge in [0.15, 0.2) is 5.88 Å². The zero-order valence-corrected chi connectivity index (χ0v) is 9.68. The number of aromatic hydroxyl groups is 2. The van der Waals surface area contributed by atoms with Crippen molar-refractivity contribution >= 4 is 6.02 Å². The van der Waals surface area contributed by atoms with Crippen LogP contribution < -0.4 is 4.89 Å². The Labute approximate surface area is 93.1 Å². The molecule has 90 valence electrons. The Balaban J connectivity index is 2.71. The molecule has 0 amide bonds. The molecule has 0 spiro atoms. The van der Waals surface area contributed by atoms with Gasteiger partial charge in [-0.05, 0) is 0 Å². The zero-order valence-electron chi connectivity index (χ0n) is 9.68. The molecule has 16 heavy (non-hydrogen) atoms. The summed E-state index contributed by atoms with van der Waals surface area (Å²) in [5, 5.41) is 18.3. The quantitative estimate of drug-likeness (QED) is 0.218. The molecule has 1 heterocycles. The van der Waals surface area contributed by atoms with Gasteiger partial charge in [0, 0.05) is 0 Å². The Hall–Kier alpha value is -2.05. The summed E-state index contributed by atoms with van der Waals surface area (Å²) in [6.07, 6.45) is 0. The van der Waals surface area contributed by atoms with Crippen LogP contribution in [0, 0.1) is 0 Å². The lowest BCUT2D eigenvalue weighted by atomic mass is 10.6. The lowest BCUT2D eigenvalue weighted by Crippen LogP contribution is -2.33. The highest BCUT2D eigenvalue weighted by atomic mass is 17.2. The predicted molar refractivity (Wildman–Crippen MR) is 56.6 cm³/mol. The van der Waals surface area contributed by atoms with Crippen LogP contribution in [-0.4, -0.2) is 58.9 Å². The van der Waals surface area contributed by atoms with Crippen LogP contribution in [0.15, 0.2) is 6.07 Å². The molecule has 0 saturated heterocycles. The molecule has 0 aliphatic carbocycles. The van der Waals surface area contributed by atoms with Crippen molar-refractivity contribution in [1.29, 1.82) is 0 Å². The van der Waals surface area contributed by atoms with Gasteiger partial charge in [-0.1, -0.05) is 0 Å². The van der Waals surface area contributed by atoms with Crippen molar-refractivity contribution in [2.45, 2.75) is 0 Å². The molecule has 0 atom stereocenters. The van der Waals surface area contributed by atoms with Gasteiger partial charge in [0.05, 0.1) is 34.3 Å². The molecule has 7 heteroatoms. The third-order valence-corrected chi connectivity index (χ3v) is 1.72. The van der Waals surface area contributed by atoms with Crippen LogP contribution in [0.2, 0.25) is 0 Å². The molecule has 0 unspecified atom stereocenters. The van der Waals surface area contributed by atoms with Crippen molar-refractivity contribution in [1.82, 2.24) is 9.88 Å². The molecule has 3 N–H and O–H groups in total. The van der Waals surface area contributed by atoms with Gasteiger partial charge in [-0.15, -0.1) is 0 Å². The lowest BCUT2D eigenvalue weighted by molar-refractivity contribution is -0.489. The van der Waals surface area contributed by atoms with Gasteiger partial charge in [0.1, 0.15) is 0 Å². The van der Waals surface area contributed by atoms with Crippen molar-refractivity contribution < 1.29 is 24.6 Å². The Morgan fingerprint density at radius 1 is 1.38 bits per heavy atom. The van der Waals surface area contributed by atoms with Crippen molar-refractivity contribution in [3.8, 4) is 17.5 Å². The van der Waals surface area contributed by atoms with Gasteiger partial charge < -0.3 is 10.2 Å². The SMILES string of the molecule is CN(C)C(OOc1cc(O)[nH]c1O)=[N+](C)C. The maximum absolute atomic E-state index is 9.26. The third-order valence-electron chi connectivity index (χ3n) is 1.72. The van der Waals surface area contributed by atoms with E-state index in [1.807, 2.05) is 0 Å². The maximum Gasteiger partial charge on any atom is 0.487 e.